The highest BCUT2D eigenvalue weighted by Crippen LogP contribution is 2.19. The van der Waals surface area contributed by atoms with E-state index in [2.05, 4.69) is 10.6 Å². The molecule has 0 unspecified atom stereocenters. The molecular weight excluding hydrogens is 508 g/mol. The van der Waals surface area contributed by atoms with E-state index < -0.39 is 17.5 Å². The minimum Gasteiger partial charge on any atom is -0.497 e. The van der Waals surface area contributed by atoms with Gasteiger partial charge in [0.05, 0.1) is 7.11 Å². The van der Waals surface area contributed by atoms with E-state index in [9.17, 15) is 19.2 Å². The molecule has 1 aromatic heterocycles. The molecule has 40 heavy (non-hydrogen) atoms. The smallest absolute Gasteiger partial charge is 0.255 e. The van der Waals surface area contributed by atoms with E-state index in [1.54, 1.807) is 74.8 Å². The number of amides is 3. The second-order valence-corrected chi connectivity index (χ2v) is 9.11. The highest BCUT2D eigenvalue weighted by atomic mass is 16.5. The van der Waals surface area contributed by atoms with Gasteiger partial charge in [0.15, 0.2) is 0 Å². The SMILES string of the molecule is COc1ccc(N(C)C(=O)[C@H](Cc2ccccc2)NC(=O)Cn2ccc(NC(=O)c3ccccc3)cc2=O)cc1. The third kappa shape index (κ3) is 7.22. The van der Waals surface area contributed by atoms with E-state index in [1.807, 2.05) is 30.3 Å². The number of nitrogens with zero attached hydrogens (tertiary/aromatic N) is 2. The number of aromatic nitrogens is 1. The fourth-order valence-electron chi connectivity index (χ4n) is 4.12. The molecule has 0 bridgehead atoms. The Morgan fingerprint density at radius 3 is 2.17 bits per heavy atom. The number of hydrogen-bond donors (Lipinski definition) is 2. The van der Waals surface area contributed by atoms with Crippen LogP contribution in [-0.2, 0) is 22.6 Å². The van der Waals surface area contributed by atoms with E-state index >= 15 is 0 Å². The maximum absolute atomic E-state index is 13.5. The van der Waals surface area contributed by atoms with Crippen molar-refractivity contribution in [2.75, 3.05) is 24.4 Å². The zero-order valence-corrected chi connectivity index (χ0v) is 22.2. The van der Waals surface area contributed by atoms with Crippen LogP contribution in [0, 0.1) is 0 Å². The third-order valence-corrected chi connectivity index (χ3v) is 6.31. The van der Waals surface area contributed by atoms with Crippen LogP contribution in [0.2, 0.25) is 0 Å². The summed E-state index contributed by atoms with van der Waals surface area (Å²) >= 11 is 0. The molecule has 4 rings (SSSR count). The van der Waals surface area contributed by atoms with Gasteiger partial charge in [-0.1, -0.05) is 48.5 Å². The molecule has 0 aliphatic rings. The standard InChI is InChI=1S/C31H30N4O5/c1-34(25-13-15-26(40-2)16-14-25)31(39)27(19-22-9-5-3-6-10-22)33-28(36)21-35-18-17-24(20-29(35)37)32-30(38)23-11-7-4-8-12-23/h3-18,20,27H,19,21H2,1-2H3,(H,32,38)(H,33,36)/t27-/m0/s1. The minimum absolute atomic E-state index is 0.269. The Hall–Kier alpha value is -5.18. The zero-order valence-electron chi connectivity index (χ0n) is 22.2. The summed E-state index contributed by atoms with van der Waals surface area (Å²) < 4.78 is 6.41. The number of ether oxygens (including phenoxy) is 1. The summed E-state index contributed by atoms with van der Waals surface area (Å²) in [6.45, 7) is -0.295. The number of hydrogen-bond acceptors (Lipinski definition) is 5. The number of rotatable bonds is 10. The summed E-state index contributed by atoms with van der Waals surface area (Å²) in [5.74, 6) is -0.497. The lowest BCUT2D eigenvalue weighted by molar-refractivity contribution is -0.127. The fourth-order valence-corrected chi connectivity index (χ4v) is 4.12. The maximum Gasteiger partial charge on any atom is 0.255 e. The quantitative estimate of drug-likeness (QED) is 0.321. The number of carbonyl (C=O) groups is 3. The molecule has 0 saturated heterocycles. The number of nitrogens with one attached hydrogen (secondary N) is 2. The van der Waals surface area contributed by atoms with Crippen LogP contribution in [0.3, 0.4) is 0 Å². The van der Waals surface area contributed by atoms with Crippen molar-refractivity contribution in [3.8, 4) is 5.75 Å². The van der Waals surface area contributed by atoms with Gasteiger partial charge < -0.3 is 24.8 Å². The first-order chi connectivity index (χ1) is 19.3. The Kier molecular flexibility index (Phi) is 9.09. The van der Waals surface area contributed by atoms with Crippen molar-refractivity contribution in [1.82, 2.24) is 9.88 Å². The van der Waals surface area contributed by atoms with Gasteiger partial charge in [-0.2, -0.15) is 0 Å². The number of pyridine rings is 1. The molecule has 0 spiro atoms. The summed E-state index contributed by atoms with van der Waals surface area (Å²) in [6, 6.07) is 26.9. The lowest BCUT2D eigenvalue weighted by Crippen LogP contribution is -2.50. The van der Waals surface area contributed by atoms with Crippen LogP contribution in [0.25, 0.3) is 0 Å². The van der Waals surface area contributed by atoms with Crippen LogP contribution in [-0.4, -0.2) is 42.5 Å². The molecule has 0 aliphatic heterocycles. The monoisotopic (exact) mass is 538 g/mol. The van der Waals surface area contributed by atoms with Crippen LogP contribution in [0.1, 0.15) is 15.9 Å². The van der Waals surface area contributed by atoms with E-state index in [1.165, 1.54) is 21.7 Å². The van der Waals surface area contributed by atoms with Crippen LogP contribution in [0.4, 0.5) is 11.4 Å². The van der Waals surface area contributed by atoms with Gasteiger partial charge >= 0.3 is 0 Å². The average Bonchev–Trinajstić information content (AvgIpc) is 2.98. The van der Waals surface area contributed by atoms with Crippen molar-refractivity contribution >= 4 is 29.1 Å². The molecule has 2 N–H and O–H groups in total. The van der Waals surface area contributed by atoms with Crippen molar-refractivity contribution in [1.29, 1.82) is 0 Å². The highest BCUT2D eigenvalue weighted by molar-refractivity contribution is 6.04. The summed E-state index contributed by atoms with van der Waals surface area (Å²) in [5, 5.41) is 5.48. The molecule has 1 heterocycles. The lowest BCUT2D eigenvalue weighted by atomic mass is 10.0. The number of anilines is 2. The second kappa shape index (κ2) is 13.1. The molecule has 204 valence electrons. The number of likely N-dealkylation sites (N-methyl/N-ethyl adjacent to an activating group) is 1. The van der Waals surface area contributed by atoms with Crippen molar-refractivity contribution < 1.29 is 19.1 Å². The second-order valence-electron chi connectivity index (χ2n) is 9.11. The molecule has 0 radical (unpaired) electrons. The van der Waals surface area contributed by atoms with Gasteiger partial charge in [-0.3, -0.25) is 19.2 Å². The maximum atomic E-state index is 13.5. The lowest BCUT2D eigenvalue weighted by Gasteiger charge is -2.25. The molecule has 3 aromatic carbocycles. The van der Waals surface area contributed by atoms with Gasteiger partial charge in [-0.25, -0.2) is 0 Å². The van der Waals surface area contributed by atoms with Crippen LogP contribution in [0.5, 0.6) is 5.75 Å². The molecular formula is C31H30N4O5. The zero-order chi connectivity index (χ0) is 28.5. The van der Waals surface area contributed by atoms with E-state index in [0.717, 1.165) is 5.56 Å². The van der Waals surface area contributed by atoms with Crippen LogP contribution < -0.4 is 25.8 Å². The Balaban J connectivity index is 1.46. The number of carbonyl (C=O) groups excluding carboxylic acids is 3. The Morgan fingerprint density at radius 1 is 0.900 bits per heavy atom. The summed E-state index contributed by atoms with van der Waals surface area (Å²) in [5.41, 5.74) is 1.82. The minimum atomic E-state index is -0.873. The Bertz CT molecular complexity index is 1520. The third-order valence-electron chi connectivity index (χ3n) is 6.31. The van der Waals surface area contributed by atoms with Gasteiger partial charge in [0.1, 0.15) is 18.3 Å². The highest BCUT2D eigenvalue weighted by Gasteiger charge is 2.25. The molecule has 9 nitrogen and oxygen atoms in total. The van der Waals surface area contributed by atoms with Crippen molar-refractivity contribution in [3.05, 3.63) is 125 Å². The first-order valence-corrected chi connectivity index (χ1v) is 12.7. The molecule has 0 fully saturated rings. The van der Waals surface area contributed by atoms with E-state index in [4.69, 9.17) is 4.74 Å². The normalized spacial score (nSPS) is 11.2. The largest absolute Gasteiger partial charge is 0.497 e. The fraction of sp³-hybridized carbons (Fsp3) is 0.161. The van der Waals surface area contributed by atoms with Gasteiger partial charge in [-0.15, -0.1) is 0 Å². The molecule has 3 amide bonds. The van der Waals surface area contributed by atoms with Gasteiger partial charge in [0.25, 0.3) is 11.5 Å². The van der Waals surface area contributed by atoms with E-state index in [-0.39, 0.29) is 24.8 Å². The number of methoxy groups -OCH3 is 1. The van der Waals surface area contributed by atoms with Crippen molar-refractivity contribution in [2.24, 2.45) is 0 Å². The topological polar surface area (TPSA) is 110 Å². The van der Waals surface area contributed by atoms with Crippen molar-refractivity contribution in [2.45, 2.75) is 19.0 Å². The van der Waals surface area contributed by atoms with Gasteiger partial charge in [0, 0.05) is 42.7 Å². The summed E-state index contributed by atoms with van der Waals surface area (Å²) in [4.78, 5) is 53.1. The molecule has 0 aliphatic carbocycles. The molecule has 0 saturated carbocycles. The predicted octanol–water partition coefficient (Wildman–Crippen LogP) is 3.50. The first-order valence-electron chi connectivity index (χ1n) is 12.7. The van der Waals surface area contributed by atoms with Crippen LogP contribution >= 0.6 is 0 Å². The van der Waals surface area contributed by atoms with E-state index in [0.29, 0.717) is 22.7 Å². The Morgan fingerprint density at radius 2 is 1.55 bits per heavy atom. The van der Waals surface area contributed by atoms with Crippen LogP contribution in [0.15, 0.2) is 108 Å². The van der Waals surface area contributed by atoms with Gasteiger partial charge in [-0.05, 0) is 48.0 Å². The molecule has 1 atom stereocenters. The summed E-state index contributed by atoms with van der Waals surface area (Å²) in [7, 11) is 3.20. The molecule has 9 heteroatoms. The molecule has 4 aromatic rings. The Labute approximate surface area is 232 Å². The average molecular weight is 539 g/mol. The summed E-state index contributed by atoms with van der Waals surface area (Å²) in [6.07, 6.45) is 1.70. The number of benzene rings is 3. The predicted molar refractivity (Wildman–Crippen MR) is 154 cm³/mol. The van der Waals surface area contributed by atoms with Crippen molar-refractivity contribution in [3.63, 3.8) is 0 Å². The first kappa shape index (κ1) is 27.8. The van der Waals surface area contributed by atoms with Gasteiger partial charge in [0.2, 0.25) is 11.8 Å².